The zero-order valence-electron chi connectivity index (χ0n) is 10.8. The highest BCUT2D eigenvalue weighted by atomic mass is 127. The van der Waals surface area contributed by atoms with Gasteiger partial charge in [-0.15, -0.1) is 11.3 Å². The van der Waals surface area contributed by atoms with Gasteiger partial charge in [-0.05, 0) is 58.2 Å². The van der Waals surface area contributed by atoms with Gasteiger partial charge in [0.05, 0.1) is 12.0 Å². The van der Waals surface area contributed by atoms with Gasteiger partial charge < -0.3 is 11.1 Å². The van der Waals surface area contributed by atoms with Gasteiger partial charge in [-0.2, -0.15) is 0 Å². The Balaban J connectivity index is 2.09. The summed E-state index contributed by atoms with van der Waals surface area (Å²) in [6.45, 7) is 1.80. The number of carbonyl (C=O) groups is 2. The number of thiophene rings is 1. The summed E-state index contributed by atoms with van der Waals surface area (Å²) in [4.78, 5) is 23.4. The molecule has 0 atom stereocenters. The third kappa shape index (κ3) is 3.57. The molecule has 0 aliphatic carbocycles. The van der Waals surface area contributed by atoms with E-state index in [1.807, 2.05) is 24.3 Å². The lowest BCUT2D eigenvalue weighted by atomic mass is 10.1. The van der Waals surface area contributed by atoms with Gasteiger partial charge in [0.1, 0.15) is 5.00 Å². The molecule has 20 heavy (non-hydrogen) atoms. The second-order valence-electron chi connectivity index (χ2n) is 4.34. The highest BCUT2D eigenvalue weighted by Gasteiger charge is 2.16. The van der Waals surface area contributed by atoms with Crippen LogP contribution in [0.4, 0.5) is 5.00 Å². The average molecular weight is 400 g/mol. The van der Waals surface area contributed by atoms with Crippen molar-refractivity contribution in [3.05, 3.63) is 49.9 Å². The minimum Gasteiger partial charge on any atom is -0.365 e. The van der Waals surface area contributed by atoms with Crippen LogP contribution in [0.1, 0.15) is 21.5 Å². The monoisotopic (exact) mass is 400 g/mol. The molecule has 0 saturated heterocycles. The highest BCUT2D eigenvalue weighted by molar-refractivity contribution is 14.1. The normalized spacial score (nSPS) is 10.3. The van der Waals surface area contributed by atoms with Crippen molar-refractivity contribution in [3.8, 4) is 0 Å². The standard InChI is InChI=1S/C14H13IN2O2S/c1-8-7-20-14(12(8)13(16)19)17-11(18)6-9-2-4-10(15)5-3-9/h2-5,7H,6H2,1H3,(H2,16,19)(H,17,18). The van der Waals surface area contributed by atoms with Crippen LogP contribution < -0.4 is 11.1 Å². The maximum absolute atomic E-state index is 12.0. The SMILES string of the molecule is Cc1csc(NC(=O)Cc2ccc(I)cc2)c1C(N)=O. The first-order valence-electron chi connectivity index (χ1n) is 5.89. The fourth-order valence-corrected chi connectivity index (χ4v) is 3.13. The molecule has 0 radical (unpaired) electrons. The number of rotatable bonds is 4. The van der Waals surface area contributed by atoms with Crippen LogP contribution in [0.25, 0.3) is 0 Å². The van der Waals surface area contributed by atoms with E-state index in [9.17, 15) is 9.59 Å². The molecule has 0 spiro atoms. The van der Waals surface area contributed by atoms with E-state index in [1.165, 1.54) is 11.3 Å². The van der Waals surface area contributed by atoms with Crippen LogP contribution in [-0.2, 0) is 11.2 Å². The first-order chi connectivity index (χ1) is 9.47. The number of anilines is 1. The van der Waals surface area contributed by atoms with Gasteiger partial charge in [0, 0.05) is 3.57 Å². The van der Waals surface area contributed by atoms with Crippen LogP contribution in [0.5, 0.6) is 0 Å². The minimum atomic E-state index is -0.520. The Morgan fingerprint density at radius 3 is 2.55 bits per heavy atom. The summed E-state index contributed by atoms with van der Waals surface area (Å²) in [5, 5.41) is 5.08. The van der Waals surface area contributed by atoms with Crippen molar-refractivity contribution in [1.29, 1.82) is 0 Å². The fraction of sp³-hybridized carbons (Fsp3) is 0.143. The number of halogens is 1. The maximum atomic E-state index is 12.0. The number of benzene rings is 1. The van der Waals surface area contributed by atoms with Crippen LogP contribution in [-0.4, -0.2) is 11.8 Å². The third-order valence-corrected chi connectivity index (χ3v) is 4.48. The molecule has 104 valence electrons. The van der Waals surface area contributed by atoms with Crippen LogP contribution >= 0.6 is 33.9 Å². The molecule has 0 unspecified atom stereocenters. The molecule has 6 heteroatoms. The Labute approximate surface area is 134 Å². The minimum absolute atomic E-state index is 0.157. The molecule has 0 saturated carbocycles. The summed E-state index contributed by atoms with van der Waals surface area (Å²) >= 11 is 3.52. The molecule has 4 nitrogen and oxygen atoms in total. The second-order valence-corrected chi connectivity index (χ2v) is 6.46. The van der Waals surface area contributed by atoms with E-state index in [2.05, 4.69) is 27.9 Å². The molecule has 0 fully saturated rings. The van der Waals surface area contributed by atoms with Crippen LogP contribution in [0.2, 0.25) is 0 Å². The van der Waals surface area contributed by atoms with E-state index in [0.29, 0.717) is 10.6 Å². The molecule has 2 aromatic rings. The van der Waals surface area contributed by atoms with E-state index < -0.39 is 5.91 Å². The van der Waals surface area contributed by atoms with Gasteiger partial charge in [0.25, 0.3) is 5.91 Å². The summed E-state index contributed by atoms with van der Waals surface area (Å²) in [6.07, 6.45) is 0.270. The van der Waals surface area contributed by atoms with Gasteiger partial charge in [0.2, 0.25) is 5.91 Å². The summed E-state index contributed by atoms with van der Waals surface area (Å²) in [6, 6.07) is 7.73. The number of hydrogen-bond donors (Lipinski definition) is 2. The number of hydrogen-bond acceptors (Lipinski definition) is 3. The van der Waals surface area contributed by atoms with Crippen LogP contribution in [0.15, 0.2) is 29.6 Å². The molecule has 1 aromatic carbocycles. The van der Waals surface area contributed by atoms with Crippen molar-refractivity contribution in [2.45, 2.75) is 13.3 Å². The Morgan fingerprint density at radius 1 is 1.30 bits per heavy atom. The molecule has 2 rings (SSSR count). The quantitative estimate of drug-likeness (QED) is 0.775. The molecular formula is C14H13IN2O2S. The molecule has 1 aromatic heterocycles. The molecule has 0 aliphatic rings. The lowest BCUT2D eigenvalue weighted by Crippen LogP contribution is -2.18. The molecule has 1 heterocycles. The summed E-state index contributed by atoms with van der Waals surface area (Å²) in [7, 11) is 0. The van der Waals surface area contributed by atoms with Crippen molar-refractivity contribution in [3.63, 3.8) is 0 Å². The lowest BCUT2D eigenvalue weighted by molar-refractivity contribution is -0.115. The zero-order valence-corrected chi connectivity index (χ0v) is 13.7. The average Bonchev–Trinajstić information content (AvgIpc) is 2.73. The van der Waals surface area contributed by atoms with Gasteiger partial charge in [-0.3, -0.25) is 9.59 Å². The Hall–Kier alpha value is -1.41. The summed E-state index contributed by atoms with van der Waals surface area (Å²) in [5.74, 6) is -0.677. The zero-order chi connectivity index (χ0) is 14.7. The van der Waals surface area contributed by atoms with E-state index in [1.54, 1.807) is 12.3 Å². The van der Waals surface area contributed by atoms with Crippen molar-refractivity contribution < 1.29 is 9.59 Å². The summed E-state index contributed by atoms with van der Waals surface area (Å²) < 4.78 is 1.12. The molecule has 0 aliphatic heterocycles. The number of aryl methyl sites for hydroxylation is 1. The Morgan fingerprint density at radius 2 is 1.95 bits per heavy atom. The second kappa shape index (κ2) is 6.36. The molecule has 3 N–H and O–H groups in total. The topological polar surface area (TPSA) is 72.2 Å². The maximum Gasteiger partial charge on any atom is 0.251 e. The first-order valence-corrected chi connectivity index (χ1v) is 7.85. The Kier molecular flexibility index (Phi) is 4.77. The van der Waals surface area contributed by atoms with Crippen molar-refractivity contribution in [2.75, 3.05) is 5.32 Å². The number of amides is 2. The smallest absolute Gasteiger partial charge is 0.251 e. The van der Waals surface area contributed by atoms with Gasteiger partial charge >= 0.3 is 0 Å². The fourth-order valence-electron chi connectivity index (χ4n) is 1.80. The lowest BCUT2D eigenvalue weighted by Gasteiger charge is -2.05. The van der Waals surface area contributed by atoms with E-state index in [-0.39, 0.29) is 12.3 Å². The largest absolute Gasteiger partial charge is 0.365 e. The van der Waals surface area contributed by atoms with E-state index in [0.717, 1.165) is 14.7 Å². The number of nitrogens with one attached hydrogen (secondary N) is 1. The predicted octanol–water partition coefficient (Wildman–Crippen LogP) is 2.94. The number of nitrogens with two attached hydrogens (primary N) is 1. The van der Waals surface area contributed by atoms with Crippen molar-refractivity contribution in [1.82, 2.24) is 0 Å². The first kappa shape index (κ1) is 15.0. The number of primary amides is 1. The van der Waals surface area contributed by atoms with Crippen molar-refractivity contribution >= 4 is 50.7 Å². The van der Waals surface area contributed by atoms with Gasteiger partial charge in [0.15, 0.2) is 0 Å². The van der Waals surface area contributed by atoms with Crippen LogP contribution in [0.3, 0.4) is 0 Å². The van der Waals surface area contributed by atoms with E-state index >= 15 is 0 Å². The highest BCUT2D eigenvalue weighted by Crippen LogP contribution is 2.27. The van der Waals surface area contributed by atoms with Gasteiger partial charge in [-0.1, -0.05) is 12.1 Å². The molecule has 2 amide bonds. The predicted molar refractivity (Wildman–Crippen MR) is 89.1 cm³/mol. The summed E-state index contributed by atoms with van der Waals surface area (Å²) in [5.41, 5.74) is 7.43. The van der Waals surface area contributed by atoms with Crippen molar-refractivity contribution in [2.24, 2.45) is 5.73 Å². The van der Waals surface area contributed by atoms with Gasteiger partial charge in [-0.25, -0.2) is 0 Å². The number of carbonyl (C=O) groups excluding carboxylic acids is 2. The molecular weight excluding hydrogens is 387 g/mol. The van der Waals surface area contributed by atoms with E-state index in [4.69, 9.17) is 5.73 Å². The Bertz CT molecular complexity index is 650. The van der Waals surface area contributed by atoms with Crippen LogP contribution in [0, 0.1) is 10.5 Å². The third-order valence-electron chi connectivity index (χ3n) is 2.75. The molecule has 0 bridgehead atoms.